The zero-order valence-corrected chi connectivity index (χ0v) is 16.8. The van der Waals surface area contributed by atoms with Crippen molar-refractivity contribution in [1.82, 2.24) is 9.21 Å². The molecule has 0 saturated carbocycles. The number of nitrogens with zero attached hydrogens (tertiary/aromatic N) is 2. The van der Waals surface area contributed by atoms with E-state index in [1.807, 2.05) is 0 Å². The van der Waals surface area contributed by atoms with Crippen LogP contribution in [0.5, 0.6) is 0 Å². The summed E-state index contributed by atoms with van der Waals surface area (Å²) in [5.74, 6) is -1.05. The van der Waals surface area contributed by atoms with Crippen LogP contribution in [0.25, 0.3) is 0 Å². The number of hydrogen-bond donors (Lipinski definition) is 0. The summed E-state index contributed by atoms with van der Waals surface area (Å²) in [4.78, 5) is 13.9. The van der Waals surface area contributed by atoms with Gasteiger partial charge < -0.3 is 4.90 Å². The first-order chi connectivity index (χ1) is 11.8. The van der Waals surface area contributed by atoms with Gasteiger partial charge in [-0.1, -0.05) is 27.5 Å². The minimum atomic E-state index is -3.62. The fourth-order valence-corrected chi connectivity index (χ4v) is 5.95. The van der Waals surface area contributed by atoms with E-state index >= 15 is 0 Å². The molecule has 0 unspecified atom stereocenters. The number of thiophene rings is 1. The van der Waals surface area contributed by atoms with Gasteiger partial charge in [0.2, 0.25) is 0 Å². The lowest BCUT2D eigenvalue weighted by molar-refractivity contribution is 0.0693. The molecule has 0 N–H and O–H groups in total. The van der Waals surface area contributed by atoms with Crippen LogP contribution in [-0.2, 0) is 10.0 Å². The molecule has 0 bridgehead atoms. The summed E-state index contributed by atoms with van der Waals surface area (Å²) in [6, 6.07) is 7.17. The Morgan fingerprint density at radius 2 is 1.84 bits per heavy atom. The van der Waals surface area contributed by atoms with Gasteiger partial charge in [-0.25, -0.2) is 12.8 Å². The third-order valence-electron chi connectivity index (χ3n) is 3.83. The molecule has 25 heavy (non-hydrogen) atoms. The predicted octanol–water partition coefficient (Wildman–Crippen LogP) is 3.45. The van der Waals surface area contributed by atoms with E-state index in [1.54, 1.807) is 0 Å². The zero-order valence-electron chi connectivity index (χ0n) is 12.8. The Bertz CT molecular complexity index is 911. The number of hydrogen-bond acceptors (Lipinski definition) is 4. The van der Waals surface area contributed by atoms with E-state index in [-0.39, 0.29) is 36.0 Å². The van der Waals surface area contributed by atoms with Crippen LogP contribution in [0.4, 0.5) is 4.39 Å². The Morgan fingerprint density at radius 3 is 2.44 bits per heavy atom. The molecule has 134 valence electrons. The second kappa shape index (κ2) is 7.32. The van der Waals surface area contributed by atoms with Gasteiger partial charge in [-0.2, -0.15) is 4.31 Å². The fraction of sp³-hybridized carbons (Fsp3) is 0.267. The molecule has 2 aromatic rings. The molecule has 0 spiro atoms. The smallest absolute Gasteiger partial charge is 0.256 e. The number of carbonyl (C=O) groups excluding carboxylic acids is 1. The van der Waals surface area contributed by atoms with Crippen molar-refractivity contribution < 1.29 is 17.6 Å². The van der Waals surface area contributed by atoms with Crippen LogP contribution < -0.4 is 0 Å². The molecular formula is C15H13BrClFN2O3S2. The van der Waals surface area contributed by atoms with Gasteiger partial charge in [0.15, 0.2) is 0 Å². The standard InChI is InChI=1S/C15H13BrClFN2O3S2/c16-10-1-2-12(18)11(9-10)15(21)19-5-7-20(8-6-19)25(22,23)14-4-3-13(17)24-14/h1-4,9H,5-8H2. The first-order valence-electron chi connectivity index (χ1n) is 7.29. The van der Waals surface area contributed by atoms with E-state index < -0.39 is 21.7 Å². The Labute approximate surface area is 162 Å². The largest absolute Gasteiger partial charge is 0.336 e. The molecule has 10 heteroatoms. The molecular weight excluding hydrogens is 455 g/mol. The summed E-state index contributed by atoms with van der Waals surface area (Å²) in [6.07, 6.45) is 0. The van der Waals surface area contributed by atoms with E-state index in [1.165, 1.54) is 39.5 Å². The molecule has 1 amide bonds. The van der Waals surface area contributed by atoms with Gasteiger partial charge in [-0.05, 0) is 30.3 Å². The van der Waals surface area contributed by atoms with Crippen molar-refractivity contribution in [2.75, 3.05) is 26.2 Å². The summed E-state index contributed by atoms with van der Waals surface area (Å²) in [6.45, 7) is 0.699. The summed E-state index contributed by atoms with van der Waals surface area (Å²) in [5.41, 5.74) is -0.0317. The van der Waals surface area contributed by atoms with Crippen molar-refractivity contribution in [3.63, 3.8) is 0 Å². The van der Waals surface area contributed by atoms with Crippen LogP contribution >= 0.6 is 38.9 Å². The highest BCUT2D eigenvalue weighted by Gasteiger charge is 2.32. The summed E-state index contributed by atoms with van der Waals surface area (Å²) >= 11 is 10.0. The van der Waals surface area contributed by atoms with E-state index in [9.17, 15) is 17.6 Å². The Hall–Kier alpha value is -1.000. The summed E-state index contributed by atoms with van der Waals surface area (Å²) < 4.78 is 41.5. The van der Waals surface area contributed by atoms with Gasteiger partial charge in [0.1, 0.15) is 10.0 Å². The maximum atomic E-state index is 13.9. The molecule has 0 radical (unpaired) electrons. The van der Waals surface area contributed by atoms with E-state index in [2.05, 4.69) is 15.9 Å². The molecule has 5 nitrogen and oxygen atoms in total. The second-order valence-corrected chi connectivity index (χ2v) is 10.2. The number of rotatable bonds is 3. The molecule has 2 heterocycles. The summed E-state index contributed by atoms with van der Waals surface area (Å²) in [7, 11) is -3.62. The zero-order chi connectivity index (χ0) is 18.2. The van der Waals surface area contributed by atoms with E-state index in [0.717, 1.165) is 11.3 Å². The normalized spacial score (nSPS) is 16.2. The van der Waals surface area contributed by atoms with Gasteiger partial charge in [0.25, 0.3) is 15.9 Å². The average Bonchev–Trinajstić information content (AvgIpc) is 3.04. The maximum Gasteiger partial charge on any atom is 0.256 e. The molecule has 1 aromatic carbocycles. The van der Waals surface area contributed by atoms with Crippen molar-refractivity contribution in [2.45, 2.75) is 4.21 Å². The highest BCUT2D eigenvalue weighted by atomic mass is 79.9. The lowest BCUT2D eigenvalue weighted by Crippen LogP contribution is -2.50. The lowest BCUT2D eigenvalue weighted by Gasteiger charge is -2.33. The van der Waals surface area contributed by atoms with Crippen LogP contribution in [0, 0.1) is 5.82 Å². The van der Waals surface area contributed by atoms with Crippen molar-refractivity contribution in [1.29, 1.82) is 0 Å². The summed E-state index contributed by atoms with van der Waals surface area (Å²) in [5, 5.41) is 0. The van der Waals surface area contributed by atoms with Crippen LogP contribution in [0.15, 0.2) is 39.0 Å². The highest BCUT2D eigenvalue weighted by Crippen LogP contribution is 2.29. The van der Waals surface area contributed by atoms with Gasteiger partial charge in [-0.3, -0.25) is 4.79 Å². The third-order valence-corrected chi connectivity index (χ3v) is 7.92. The number of amides is 1. The van der Waals surface area contributed by atoms with Gasteiger partial charge in [0, 0.05) is 30.7 Å². The molecule has 3 rings (SSSR count). The monoisotopic (exact) mass is 466 g/mol. The molecule has 0 atom stereocenters. The SMILES string of the molecule is O=C(c1cc(Br)ccc1F)N1CCN(S(=O)(=O)c2ccc(Cl)s2)CC1. The van der Waals surface area contributed by atoms with Crippen LogP contribution in [-0.4, -0.2) is 49.7 Å². The maximum absolute atomic E-state index is 13.9. The molecule has 1 aliphatic rings. The van der Waals surface area contributed by atoms with Gasteiger partial charge in [-0.15, -0.1) is 11.3 Å². The lowest BCUT2D eigenvalue weighted by atomic mass is 10.1. The molecule has 1 aliphatic heterocycles. The minimum absolute atomic E-state index is 0.0317. The Kier molecular flexibility index (Phi) is 5.50. The Balaban J connectivity index is 1.71. The van der Waals surface area contributed by atoms with Crippen molar-refractivity contribution in [3.8, 4) is 0 Å². The quantitative estimate of drug-likeness (QED) is 0.695. The number of halogens is 3. The number of sulfonamides is 1. The minimum Gasteiger partial charge on any atom is -0.336 e. The van der Waals surface area contributed by atoms with Gasteiger partial charge in [0.05, 0.1) is 9.90 Å². The highest BCUT2D eigenvalue weighted by molar-refractivity contribution is 9.10. The van der Waals surface area contributed by atoms with Crippen LogP contribution in [0.1, 0.15) is 10.4 Å². The number of piperazine rings is 1. The van der Waals surface area contributed by atoms with Crippen molar-refractivity contribution >= 4 is 54.8 Å². The van der Waals surface area contributed by atoms with Crippen LogP contribution in [0.3, 0.4) is 0 Å². The van der Waals surface area contributed by atoms with Crippen LogP contribution in [0.2, 0.25) is 4.34 Å². The first kappa shape index (κ1) is 18.8. The van der Waals surface area contributed by atoms with E-state index in [4.69, 9.17) is 11.6 Å². The average molecular weight is 468 g/mol. The van der Waals surface area contributed by atoms with E-state index in [0.29, 0.717) is 8.81 Å². The fourth-order valence-electron chi connectivity index (χ4n) is 2.53. The molecule has 1 fully saturated rings. The number of benzene rings is 1. The predicted molar refractivity (Wildman–Crippen MR) is 98.1 cm³/mol. The van der Waals surface area contributed by atoms with Crippen molar-refractivity contribution in [2.24, 2.45) is 0 Å². The van der Waals surface area contributed by atoms with Crippen molar-refractivity contribution in [3.05, 3.63) is 50.5 Å². The topological polar surface area (TPSA) is 57.7 Å². The van der Waals surface area contributed by atoms with Gasteiger partial charge >= 0.3 is 0 Å². The number of carbonyl (C=O) groups is 1. The second-order valence-electron chi connectivity index (χ2n) is 5.38. The molecule has 1 aromatic heterocycles. The third kappa shape index (κ3) is 3.90. The Morgan fingerprint density at radius 1 is 1.16 bits per heavy atom. The molecule has 1 saturated heterocycles. The molecule has 0 aliphatic carbocycles. The first-order valence-corrected chi connectivity index (χ1v) is 10.7.